The summed E-state index contributed by atoms with van der Waals surface area (Å²) in [5.41, 5.74) is 1.14. The molecular formula is C9H10KN4O. The van der Waals surface area contributed by atoms with Crippen LogP contribution in [0.5, 0.6) is 5.75 Å². The first-order chi connectivity index (χ1) is 6.88. The van der Waals surface area contributed by atoms with Crippen LogP contribution in [0.4, 0.5) is 0 Å². The summed E-state index contributed by atoms with van der Waals surface area (Å²) in [6.45, 7) is 0.678. The summed E-state index contributed by atoms with van der Waals surface area (Å²) in [6.07, 6.45) is 1.59. The molecule has 1 heterocycles. The topological polar surface area (TPSA) is 52.8 Å². The average molecular weight is 229 g/mol. The van der Waals surface area contributed by atoms with Gasteiger partial charge in [-0.2, -0.15) is 0 Å². The van der Waals surface area contributed by atoms with E-state index in [4.69, 9.17) is 4.74 Å². The Morgan fingerprint density at radius 1 is 1.27 bits per heavy atom. The zero-order valence-electron chi connectivity index (χ0n) is 8.79. The van der Waals surface area contributed by atoms with Crippen molar-refractivity contribution in [3.63, 3.8) is 0 Å². The number of hydrogen-bond donors (Lipinski definition) is 0. The molecule has 0 saturated carbocycles. The van der Waals surface area contributed by atoms with Gasteiger partial charge in [0.2, 0.25) is 0 Å². The number of ether oxygens (including phenoxy) is 1. The van der Waals surface area contributed by atoms with Crippen LogP contribution in [0.25, 0.3) is 0 Å². The number of hydrogen-bond acceptors (Lipinski definition) is 4. The third-order valence-corrected chi connectivity index (χ3v) is 1.90. The van der Waals surface area contributed by atoms with E-state index in [1.54, 1.807) is 18.1 Å². The van der Waals surface area contributed by atoms with E-state index in [0.717, 1.165) is 11.3 Å². The standard InChI is InChI=1S/C9H10N4O.K/c1-14-9-4-2-8(3-5-9)6-13-7-10-11-12-13;/h2-5,7H,6H2,1H3;. The van der Waals surface area contributed by atoms with Crippen LogP contribution in [-0.4, -0.2) is 78.7 Å². The van der Waals surface area contributed by atoms with Crippen LogP contribution in [0.15, 0.2) is 30.6 Å². The minimum Gasteiger partial charge on any atom is -0.497 e. The molecule has 0 aliphatic heterocycles. The third kappa shape index (κ3) is 3.65. The third-order valence-electron chi connectivity index (χ3n) is 1.90. The van der Waals surface area contributed by atoms with Gasteiger partial charge in [0.25, 0.3) is 0 Å². The summed E-state index contributed by atoms with van der Waals surface area (Å²) in [4.78, 5) is 0. The summed E-state index contributed by atoms with van der Waals surface area (Å²) in [7, 11) is 1.65. The molecule has 73 valence electrons. The zero-order valence-corrected chi connectivity index (χ0v) is 11.9. The number of methoxy groups -OCH3 is 1. The second-order valence-corrected chi connectivity index (χ2v) is 2.86. The van der Waals surface area contributed by atoms with Crippen molar-refractivity contribution in [3.8, 4) is 5.75 Å². The first-order valence-electron chi connectivity index (χ1n) is 4.22. The molecule has 6 heteroatoms. The Morgan fingerprint density at radius 2 is 2.00 bits per heavy atom. The van der Waals surface area contributed by atoms with E-state index in [1.165, 1.54) is 0 Å². The fourth-order valence-corrected chi connectivity index (χ4v) is 1.17. The molecule has 1 aromatic carbocycles. The fraction of sp³-hybridized carbons (Fsp3) is 0.222. The van der Waals surface area contributed by atoms with Crippen LogP contribution in [0.1, 0.15) is 5.56 Å². The van der Waals surface area contributed by atoms with Crippen molar-refractivity contribution >= 4 is 51.4 Å². The molecule has 0 saturated heterocycles. The van der Waals surface area contributed by atoms with Crippen molar-refractivity contribution in [2.75, 3.05) is 7.11 Å². The number of nitrogens with zero attached hydrogens (tertiary/aromatic N) is 4. The molecule has 0 N–H and O–H groups in total. The second-order valence-electron chi connectivity index (χ2n) is 2.86. The summed E-state index contributed by atoms with van der Waals surface area (Å²) in [5.74, 6) is 0.852. The van der Waals surface area contributed by atoms with Crippen molar-refractivity contribution in [2.24, 2.45) is 0 Å². The van der Waals surface area contributed by atoms with Gasteiger partial charge in [-0.25, -0.2) is 4.68 Å². The van der Waals surface area contributed by atoms with Gasteiger partial charge < -0.3 is 4.74 Å². The van der Waals surface area contributed by atoms with Crippen molar-refractivity contribution in [3.05, 3.63) is 36.2 Å². The van der Waals surface area contributed by atoms with Gasteiger partial charge in [-0.1, -0.05) is 12.1 Å². The Morgan fingerprint density at radius 3 is 2.53 bits per heavy atom. The minimum atomic E-state index is 0. The Labute approximate surface area is 130 Å². The first-order valence-corrected chi connectivity index (χ1v) is 4.22. The van der Waals surface area contributed by atoms with Crippen LogP contribution < -0.4 is 4.74 Å². The monoisotopic (exact) mass is 229 g/mol. The predicted octanol–water partition coefficient (Wildman–Crippen LogP) is 0.349. The molecule has 0 fully saturated rings. The van der Waals surface area contributed by atoms with Crippen molar-refractivity contribution in [2.45, 2.75) is 6.54 Å². The SMILES string of the molecule is COc1ccc(Cn2cnnn2)cc1.[K]. The van der Waals surface area contributed by atoms with E-state index in [-0.39, 0.29) is 51.4 Å². The molecule has 0 aliphatic rings. The summed E-state index contributed by atoms with van der Waals surface area (Å²) in [5, 5.41) is 10.9. The summed E-state index contributed by atoms with van der Waals surface area (Å²) >= 11 is 0. The van der Waals surface area contributed by atoms with E-state index >= 15 is 0 Å². The van der Waals surface area contributed by atoms with Crippen molar-refractivity contribution in [1.82, 2.24) is 20.2 Å². The van der Waals surface area contributed by atoms with Gasteiger partial charge in [-0.05, 0) is 28.1 Å². The largest absolute Gasteiger partial charge is 0.497 e. The van der Waals surface area contributed by atoms with Gasteiger partial charge in [0.15, 0.2) is 0 Å². The molecule has 0 bridgehead atoms. The molecule has 15 heavy (non-hydrogen) atoms. The van der Waals surface area contributed by atoms with Crippen molar-refractivity contribution in [1.29, 1.82) is 0 Å². The van der Waals surface area contributed by atoms with E-state index in [1.807, 2.05) is 24.3 Å². The Balaban J connectivity index is 0.00000112. The molecule has 2 aromatic rings. The second kappa shape index (κ2) is 6.34. The van der Waals surface area contributed by atoms with Crippen molar-refractivity contribution < 1.29 is 4.74 Å². The van der Waals surface area contributed by atoms with Gasteiger partial charge in [-0.3, -0.25) is 0 Å². The molecular weight excluding hydrogens is 219 g/mol. The molecule has 2 rings (SSSR count). The average Bonchev–Trinajstić information content (AvgIpc) is 2.72. The van der Waals surface area contributed by atoms with E-state index < -0.39 is 0 Å². The minimum absolute atomic E-state index is 0. The van der Waals surface area contributed by atoms with Gasteiger partial charge in [0.1, 0.15) is 12.1 Å². The molecule has 0 unspecified atom stereocenters. The van der Waals surface area contributed by atoms with E-state index in [0.29, 0.717) is 6.54 Å². The van der Waals surface area contributed by atoms with Gasteiger partial charge in [-0.15, -0.1) is 5.10 Å². The molecule has 0 spiro atoms. The smallest absolute Gasteiger partial charge is 0.138 e. The van der Waals surface area contributed by atoms with Crippen LogP contribution in [-0.2, 0) is 6.54 Å². The van der Waals surface area contributed by atoms with Crippen LogP contribution >= 0.6 is 0 Å². The van der Waals surface area contributed by atoms with Gasteiger partial charge >= 0.3 is 0 Å². The molecule has 0 aliphatic carbocycles. The molecule has 1 radical (unpaired) electrons. The first kappa shape index (κ1) is 12.8. The van der Waals surface area contributed by atoms with Gasteiger partial charge in [0, 0.05) is 51.4 Å². The zero-order chi connectivity index (χ0) is 9.80. The number of benzene rings is 1. The quantitative estimate of drug-likeness (QED) is 0.713. The molecule has 0 atom stereocenters. The van der Waals surface area contributed by atoms with Crippen LogP contribution in [0.2, 0.25) is 0 Å². The Hall–Kier alpha value is -0.274. The predicted molar refractivity (Wildman–Crippen MR) is 55.7 cm³/mol. The number of aromatic nitrogens is 4. The Bertz CT molecular complexity index is 387. The summed E-state index contributed by atoms with van der Waals surface area (Å²) in [6, 6.07) is 7.81. The summed E-state index contributed by atoms with van der Waals surface area (Å²) < 4.78 is 6.73. The van der Waals surface area contributed by atoms with E-state index in [2.05, 4.69) is 15.5 Å². The number of tetrazole rings is 1. The fourth-order valence-electron chi connectivity index (χ4n) is 1.17. The number of rotatable bonds is 3. The normalized spacial score (nSPS) is 9.40. The molecule has 0 amide bonds. The molecule has 1 aromatic heterocycles. The van der Waals surface area contributed by atoms with Crippen LogP contribution in [0, 0.1) is 0 Å². The maximum absolute atomic E-state index is 5.06. The van der Waals surface area contributed by atoms with Gasteiger partial charge in [0.05, 0.1) is 13.7 Å². The maximum atomic E-state index is 5.06. The maximum Gasteiger partial charge on any atom is 0.138 e. The Kier molecular flexibility index (Phi) is 5.41. The van der Waals surface area contributed by atoms with Crippen LogP contribution in [0.3, 0.4) is 0 Å². The molecule has 5 nitrogen and oxygen atoms in total. The van der Waals surface area contributed by atoms with E-state index in [9.17, 15) is 0 Å².